The minimum Gasteiger partial charge on any atom is -0.493 e. The van der Waals surface area contributed by atoms with Crippen molar-refractivity contribution in [1.29, 1.82) is 0 Å². The highest BCUT2D eigenvalue weighted by Crippen LogP contribution is 2.51. The molecular formula is C23H33N5O3S. The van der Waals surface area contributed by atoms with E-state index < -0.39 is 10.2 Å². The molecule has 6 rings (SSSR count). The predicted octanol–water partition coefficient (Wildman–Crippen LogP) is 3.81. The molecule has 8 nitrogen and oxygen atoms in total. The van der Waals surface area contributed by atoms with Crippen LogP contribution in [0.3, 0.4) is 0 Å². The van der Waals surface area contributed by atoms with Gasteiger partial charge in [-0.2, -0.15) is 12.7 Å². The number of pyridine rings is 1. The van der Waals surface area contributed by atoms with Crippen LogP contribution in [0.15, 0.2) is 12.3 Å². The fourth-order valence-corrected chi connectivity index (χ4v) is 7.45. The SMILES string of the molecule is CCC1CCC2CC(COc3cc4nnc(NS(=O)(=O)N5CCC5)n4cc3C3CC3)CC12. The molecule has 4 aliphatic rings. The molecule has 0 amide bonds. The predicted molar refractivity (Wildman–Crippen MR) is 122 cm³/mol. The third-order valence-electron chi connectivity index (χ3n) is 8.29. The van der Waals surface area contributed by atoms with Crippen LogP contribution in [0.4, 0.5) is 5.95 Å². The lowest BCUT2D eigenvalue weighted by Gasteiger charge is -2.29. The summed E-state index contributed by atoms with van der Waals surface area (Å²) in [4.78, 5) is 0. The zero-order valence-electron chi connectivity index (χ0n) is 18.7. The second-order valence-corrected chi connectivity index (χ2v) is 12.0. The molecule has 3 aliphatic carbocycles. The number of ether oxygens (including phenoxy) is 1. The van der Waals surface area contributed by atoms with E-state index in [9.17, 15) is 8.42 Å². The van der Waals surface area contributed by atoms with Crippen molar-refractivity contribution in [2.45, 2.75) is 64.2 Å². The Hall–Kier alpha value is -1.87. The summed E-state index contributed by atoms with van der Waals surface area (Å²) < 4.78 is 37.2. The van der Waals surface area contributed by atoms with Crippen molar-refractivity contribution in [3.8, 4) is 5.75 Å². The van der Waals surface area contributed by atoms with Crippen LogP contribution >= 0.6 is 0 Å². The zero-order valence-corrected chi connectivity index (χ0v) is 19.6. The van der Waals surface area contributed by atoms with E-state index in [0.29, 0.717) is 30.6 Å². The van der Waals surface area contributed by atoms with Gasteiger partial charge in [-0.1, -0.05) is 13.3 Å². The summed E-state index contributed by atoms with van der Waals surface area (Å²) in [5.41, 5.74) is 1.76. The Morgan fingerprint density at radius 1 is 1.16 bits per heavy atom. The van der Waals surface area contributed by atoms with Gasteiger partial charge < -0.3 is 4.74 Å². The van der Waals surface area contributed by atoms with Gasteiger partial charge in [0, 0.05) is 30.9 Å². The van der Waals surface area contributed by atoms with Gasteiger partial charge in [0.1, 0.15) is 5.75 Å². The van der Waals surface area contributed by atoms with Crippen LogP contribution in [-0.2, 0) is 10.2 Å². The summed E-state index contributed by atoms with van der Waals surface area (Å²) in [6.45, 7) is 4.21. The van der Waals surface area contributed by atoms with Gasteiger partial charge >= 0.3 is 10.2 Å². The molecule has 1 N–H and O–H groups in total. The molecule has 4 unspecified atom stereocenters. The number of hydrogen-bond donors (Lipinski definition) is 1. The summed E-state index contributed by atoms with van der Waals surface area (Å²) in [7, 11) is -3.57. The Bertz CT molecular complexity index is 1110. The maximum atomic E-state index is 12.5. The van der Waals surface area contributed by atoms with Gasteiger partial charge in [0.2, 0.25) is 5.95 Å². The summed E-state index contributed by atoms with van der Waals surface area (Å²) in [6, 6.07) is 1.94. The van der Waals surface area contributed by atoms with Crippen molar-refractivity contribution in [2.75, 3.05) is 24.4 Å². The first kappa shape index (κ1) is 20.7. The molecule has 174 valence electrons. The molecule has 2 aromatic heterocycles. The summed E-state index contributed by atoms with van der Waals surface area (Å²) in [5.74, 6) is 4.97. The van der Waals surface area contributed by atoms with Crippen molar-refractivity contribution >= 4 is 21.8 Å². The van der Waals surface area contributed by atoms with Gasteiger partial charge in [-0.05, 0) is 74.5 Å². The average molecular weight is 460 g/mol. The van der Waals surface area contributed by atoms with E-state index in [0.717, 1.165) is 54.9 Å². The van der Waals surface area contributed by atoms with Crippen LogP contribution in [-0.4, -0.2) is 47.0 Å². The Labute approximate surface area is 189 Å². The molecule has 4 fully saturated rings. The van der Waals surface area contributed by atoms with Crippen LogP contribution in [0.2, 0.25) is 0 Å². The van der Waals surface area contributed by atoms with Gasteiger partial charge in [0.15, 0.2) is 5.65 Å². The summed E-state index contributed by atoms with van der Waals surface area (Å²) in [6.07, 6.45) is 11.9. The first-order valence-electron chi connectivity index (χ1n) is 12.3. The van der Waals surface area contributed by atoms with E-state index >= 15 is 0 Å². The molecule has 3 heterocycles. The van der Waals surface area contributed by atoms with Gasteiger partial charge in [0.05, 0.1) is 6.61 Å². The minimum atomic E-state index is -3.57. The largest absolute Gasteiger partial charge is 0.493 e. The number of aromatic nitrogens is 3. The van der Waals surface area contributed by atoms with E-state index in [1.165, 1.54) is 36.4 Å². The molecule has 0 bridgehead atoms. The van der Waals surface area contributed by atoms with Crippen molar-refractivity contribution in [2.24, 2.45) is 23.7 Å². The van der Waals surface area contributed by atoms with E-state index in [1.807, 2.05) is 12.3 Å². The average Bonchev–Trinajstić information content (AvgIpc) is 3.21. The number of hydrogen-bond acceptors (Lipinski definition) is 5. The third-order valence-corrected chi connectivity index (χ3v) is 9.77. The highest BCUT2D eigenvalue weighted by Gasteiger charge is 2.42. The molecule has 3 saturated carbocycles. The summed E-state index contributed by atoms with van der Waals surface area (Å²) in [5, 5.41) is 8.34. The molecule has 9 heteroatoms. The smallest absolute Gasteiger partial charge is 0.303 e. The molecule has 1 saturated heterocycles. The minimum absolute atomic E-state index is 0.245. The first-order chi connectivity index (χ1) is 15.5. The van der Waals surface area contributed by atoms with Gasteiger partial charge in [-0.25, -0.2) is 4.72 Å². The quantitative estimate of drug-likeness (QED) is 0.648. The van der Waals surface area contributed by atoms with Gasteiger partial charge in [-0.3, -0.25) is 4.40 Å². The van der Waals surface area contributed by atoms with Crippen LogP contribution in [0.25, 0.3) is 5.65 Å². The fourth-order valence-electron chi connectivity index (χ4n) is 6.21. The Morgan fingerprint density at radius 3 is 2.72 bits per heavy atom. The number of nitrogens with one attached hydrogen (secondary N) is 1. The Kier molecular flexibility index (Phi) is 5.09. The van der Waals surface area contributed by atoms with Crippen LogP contribution < -0.4 is 9.46 Å². The monoisotopic (exact) mass is 459 g/mol. The molecule has 0 aromatic carbocycles. The van der Waals surface area contributed by atoms with Crippen molar-refractivity contribution in [3.05, 3.63) is 17.8 Å². The van der Waals surface area contributed by atoms with Gasteiger partial charge in [0.25, 0.3) is 0 Å². The highest BCUT2D eigenvalue weighted by atomic mass is 32.2. The molecule has 2 aromatic rings. The Balaban J connectivity index is 1.20. The molecule has 32 heavy (non-hydrogen) atoms. The van der Waals surface area contributed by atoms with Crippen molar-refractivity contribution < 1.29 is 13.2 Å². The molecule has 1 aliphatic heterocycles. The van der Waals surface area contributed by atoms with E-state index in [2.05, 4.69) is 21.8 Å². The van der Waals surface area contributed by atoms with E-state index in [-0.39, 0.29) is 5.95 Å². The molecule has 0 spiro atoms. The fraction of sp³-hybridized carbons (Fsp3) is 0.739. The first-order valence-corrected chi connectivity index (χ1v) is 13.7. The van der Waals surface area contributed by atoms with Gasteiger partial charge in [-0.15, -0.1) is 10.2 Å². The van der Waals surface area contributed by atoms with Crippen LogP contribution in [0, 0.1) is 23.7 Å². The normalized spacial score (nSPS) is 30.4. The zero-order chi connectivity index (χ0) is 21.9. The summed E-state index contributed by atoms with van der Waals surface area (Å²) >= 11 is 0. The van der Waals surface area contributed by atoms with Crippen molar-refractivity contribution in [1.82, 2.24) is 18.9 Å². The maximum absolute atomic E-state index is 12.5. The molecule has 0 radical (unpaired) electrons. The third kappa shape index (κ3) is 3.67. The van der Waals surface area contributed by atoms with Crippen LogP contribution in [0.1, 0.15) is 69.8 Å². The second-order valence-electron chi connectivity index (χ2n) is 10.3. The topological polar surface area (TPSA) is 88.8 Å². The Morgan fingerprint density at radius 2 is 2.00 bits per heavy atom. The number of nitrogens with zero attached hydrogens (tertiary/aromatic N) is 4. The number of anilines is 1. The second kappa shape index (κ2) is 7.87. The lowest BCUT2D eigenvalue weighted by atomic mass is 9.90. The molecular weight excluding hydrogens is 426 g/mol. The molecule has 4 atom stereocenters. The highest BCUT2D eigenvalue weighted by molar-refractivity contribution is 7.90. The lowest BCUT2D eigenvalue weighted by Crippen LogP contribution is -2.45. The van der Waals surface area contributed by atoms with E-state index in [1.54, 1.807) is 4.40 Å². The standard InChI is InChI=1S/C23H33N5O3S/c1-2-16-4-7-18-10-15(11-19(16)18)14-31-21-12-22-24-25-23(26-32(29,30)27-8-3-9-27)28(22)13-20(21)17-5-6-17/h12-13,15-19H,2-11,14H2,1H3,(H,25,26). The lowest BCUT2D eigenvalue weighted by molar-refractivity contribution is 0.235. The van der Waals surface area contributed by atoms with Crippen molar-refractivity contribution in [3.63, 3.8) is 0 Å². The van der Waals surface area contributed by atoms with E-state index in [4.69, 9.17) is 4.74 Å². The van der Waals surface area contributed by atoms with Crippen LogP contribution in [0.5, 0.6) is 5.75 Å². The number of rotatable bonds is 8. The maximum Gasteiger partial charge on any atom is 0.303 e. The number of fused-ring (bicyclic) bond motifs is 2.